The number of ether oxygens (including phenoxy) is 1. The molecule has 0 bridgehead atoms. The molecule has 0 aliphatic rings. The van der Waals surface area contributed by atoms with E-state index in [0.717, 1.165) is 5.56 Å². The van der Waals surface area contributed by atoms with Crippen molar-refractivity contribution in [2.45, 2.75) is 13.3 Å². The number of benzene rings is 1. The maximum atomic E-state index is 12.9. The summed E-state index contributed by atoms with van der Waals surface area (Å²) in [7, 11) is 0. The monoisotopic (exact) mass is 225 g/mol. The van der Waals surface area contributed by atoms with Crippen LogP contribution in [0.4, 0.5) is 4.39 Å². The summed E-state index contributed by atoms with van der Waals surface area (Å²) in [5.74, 6) is -1.03. The van der Waals surface area contributed by atoms with Gasteiger partial charge in [-0.05, 0) is 31.0 Å². The van der Waals surface area contributed by atoms with Gasteiger partial charge in [0.2, 0.25) is 0 Å². The predicted octanol–water partition coefficient (Wildman–Crippen LogP) is 1.51. The van der Waals surface area contributed by atoms with Gasteiger partial charge in [0.05, 0.1) is 12.5 Å². The second kappa shape index (κ2) is 6.23. The van der Waals surface area contributed by atoms with Gasteiger partial charge >= 0.3 is 5.97 Å². The minimum absolute atomic E-state index is 0.204. The van der Waals surface area contributed by atoms with Crippen LogP contribution >= 0.6 is 0 Å². The molecule has 0 aliphatic heterocycles. The Bertz CT molecular complexity index is 355. The molecule has 0 amide bonds. The van der Waals surface area contributed by atoms with Crippen molar-refractivity contribution < 1.29 is 13.9 Å². The van der Waals surface area contributed by atoms with Crippen molar-refractivity contribution in [3.05, 3.63) is 35.6 Å². The number of halogens is 1. The van der Waals surface area contributed by atoms with E-state index in [0.29, 0.717) is 13.0 Å². The zero-order valence-electron chi connectivity index (χ0n) is 9.28. The van der Waals surface area contributed by atoms with Crippen LogP contribution in [0.15, 0.2) is 24.3 Å². The van der Waals surface area contributed by atoms with Gasteiger partial charge in [0.15, 0.2) is 0 Å². The molecule has 0 heterocycles. The molecule has 0 aromatic heterocycles. The Kier molecular flexibility index (Phi) is 4.92. The van der Waals surface area contributed by atoms with Crippen LogP contribution in [0.5, 0.6) is 0 Å². The Morgan fingerprint density at radius 3 is 2.88 bits per heavy atom. The molecule has 0 saturated carbocycles. The molecule has 0 radical (unpaired) electrons. The molecular weight excluding hydrogens is 209 g/mol. The van der Waals surface area contributed by atoms with Crippen molar-refractivity contribution in [3.8, 4) is 0 Å². The molecule has 1 aromatic rings. The average molecular weight is 225 g/mol. The minimum atomic E-state index is -0.401. The van der Waals surface area contributed by atoms with Crippen LogP contribution in [0.2, 0.25) is 0 Å². The Balaban J connectivity index is 2.66. The summed E-state index contributed by atoms with van der Waals surface area (Å²) in [6.07, 6.45) is 0.410. The summed E-state index contributed by atoms with van der Waals surface area (Å²) < 4.78 is 17.8. The van der Waals surface area contributed by atoms with Crippen molar-refractivity contribution >= 4 is 5.97 Å². The van der Waals surface area contributed by atoms with Gasteiger partial charge in [-0.25, -0.2) is 4.39 Å². The van der Waals surface area contributed by atoms with Crippen LogP contribution in [-0.2, 0) is 16.0 Å². The lowest BCUT2D eigenvalue weighted by Crippen LogP contribution is -2.27. The lowest BCUT2D eigenvalue weighted by Gasteiger charge is -2.13. The van der Waals surface area contributed by atoms with Gasteiger partial charge < -0.3 is 10.5 Å². The van der Waals surface area contributed by atoms with E-state index in [2.05, 4.69) is 0 Å². The largest absolute Gasteiger partial charge is 0.466 e. The van der Waals surface area contributed by atoms with Gasteiger partial charge in [0, 0.05) is 6.54 Å². The summed E-state index contributed by atoms with van der Waals surface area (Å²) in [6.45, 7) is 2.28. The number of hydrogen-bond acceptors (Lipinski definition) is 3. The number of esters is 1. The third kappa shape index (κ3) is 3.62. The molecule has 88 valence electrons. The van der Waals surface area contributed by atoms with Crippen LogP contribution in [0.1, 0.15) is 12.5 Å². The second-order valence-electron chi connectivity index (χ2n) is 3.52. The summed E-state index contributed by atoms with van der Waals surface area (Å²) in [5, 5.41) is 0. The zero-order valence-corrected chi connectivity index (χ0v) is 9.28. The van der Waals surface area contributed by atoms with Gasteiger partial charge in [0.1, 0.15) is 5.82 Å². The fraction of sp³-hybridized carbons (Fsp3) is 0.417. The van der Waals surface area contributed by atoms with Gasteiger partial charge in [-0.1, -0.05) is 12.1 Å². The third-order valence-electron chi connectivity index (χ3n) is 2.28. The van der Waals surface area contributed by atoms with E-state index in [-0.39, 0.29) is 18.3 Å². The van der Waals surface area contributed by atoms with Crippen LogP contribution in [0, 0.1) is 11.7 Å². The smallest absolute Gasteiger partial charge is 0.310 e. The molecule has 3 nitrogen and oxygen atoms in total. The molecular formula is C12H16FNO2. The SMILES string of the molecule is CCOC(=O)C(CN)Cc1cccc(F)c1. The fourth-order valence-electron chi connectivity index (χ4n) is 1.47. The predicted molar refractivity (Wildman–Crippen MR) is 59.3 cm³/mol. The lowest BCUT2D eigenvalue weighted by molar-refractivity contribution is -0.147. The Hall–Kier alpha value is -1.42. The van der Waals surface area contributed by atoms with E-state index in [4.69, 9.17) is 10.5 Å². The summed E-state index contributed by atoms with van der Waals surface area (Å²) in [5.41, 5.74) is 6.25. The quantitative estimate of drug-likeness (QED) is 0.773. The molecule has 0 spiro atoms. The number of carbonyl (C=O) groups excluding carboxylic acids is 1. The van der Waals surface area contributed by atoms with Gasteiger partial charge in [-0.3, -0.25) is 4.79 Å². The van der Waals surface area contributed by atoms with Crippen LogP contribution in [-0.4, -0.2) is 19.1 Å². The van der Waals surface area contributed by atoms with Gasteiger partial charge in [-0.15, -0.1) is 0 Å². The van der Waals surface area contributed by atoms with Crippen molar-refractivity contribution in [2.75, 3.05) is 13.2 Å². The number of hydrogen-bond donors (Lipinski definition) is 1. The number of rotatable bonds is 5. The first kappa shape index (κ1) is 12.6. The highest BCUT2D eigenvalue weighted by Gasteiger charge is 2.18. The third-order valence-corrected chi connectivity index (χ3v) is 2.28. The Labute approximate surface area is 94.4 Å². The van der Waals surface area contributed by atoms with E-state index in [1.807, 2.05) is 0 Å². The van der Waals surface area contributed by atoms with E-state index >= 15 is 0 Å². The highest BCUT2D eigenvalue weighted by atomic mass is 19.1. The maximum absolute atomic E-state index is 12.9. The lowest BCUT2D eigenvalue weighted by atomic mass is 9.99. The molecule has 0 fully saturated rings. The average Bonchev–Trinajstić information content (AvgIpc) is 2.26. The number of carbonyl (C=O) groups is 1. The molecule has 1 atom stereocenters. The Morgan fingerprint density at radius 2 is 2.31 bits per heavy atom. The maximum Gasteiger partial charge on any atom is 0.310 e. The van der Waals surface area contributed by atoms with Crippen molar-refractivity contribution in [1.82, 2.24) is 0 Å². The van der Waals surface area contributed by atoms with Crippen LogP contribution in [0.25, 0.3) is 0 Å². The first-order valence-electron chi connectivity index (χ1n) is 5.28. The normalized spacial score (nSPS) is 12.2. The molecule has 1 unspecified atom stereocenters. The van der Waals surface area contributed by atoms with Crippen LogP contribution in [0.3, 0.4) is 0 Å². The number of nitrogens with two attached hydrogens (primary N) is 1. The summed E-state index contributed by atoms with van der Waals surface area (Å²) in [6, 6.07) is 6.15. The summed E-state index contributed by atoms with van der Waals surface area (Å²) in [4.78, 5) is 11.5. The van der Waals surface area contributed by atoms with E-state index < -0.39 is 5.92 Å². The molecule has 4 heteroatoms. The van der Waals surface area contributed by atoms with E-state index in [9.17, 15) is 9.18 Å². The van der Waals surface area contributed by atoms with E-state index in [1.54, 1.807) is 19.1 Å². The van der Waals surface area contributed by atoms with Crippen molar-refractivity contribution in [2.24, 2.45) is 11.7 Å². The first-order valence-corrected chi connectivity index (χ1v) is 5.28. The molecule has 0 saturated heterocycles. The molecule has 0 aliphatic carbocycles. The molecule has 16 heavy (non-hydrogen) atoms. The zero-order chi connectivity index (χ0) is 12.0. The Morgan fingerprint density at radius 1 is 1.56 bits per heavy atom. The van der Waals surface area contributed by atoms with Crippen molar-refractivity contribution in [3.63, 3.8) is 0 Å². The highest BCUT2D eigenvalue weighted by molar-refractivity contribution is 5.73. The van der Waals surface area contributed by atoms with Gasteiger partial charge in [0.25, 0.3) is 0 Å². The van der Waals surface area contributed by atoms with Gasteiger partial charge in [-0.2, -0.15) is 0 Å². The van der Waals surface area contributed by atoms with E-state index in [1.165, 1.54) is 12.1 Å². The standard InChI is InChI=1S/C12H16FNO2/c1-2-16-12(15)10(8-14)6-9-4-3-5-11(13)7-9/h3-5,7,10H,2,6,8,14H2,1H3. The minimum Gasteiger partial charge on any atom is -0.466 e. The van der Waals surface area contributed by atoms with Crippen LogP contribution < -0.4 is 5.73 Å². The fourth-order valence-corrected chi connectivity index (χ4v) is 1.47. The first-order chi connectivity index (χ1) is 7.67. The topological polar surface area (TPSA) is 52.3 Å². The molecule has 2 N–H and O–H groups in total. The summed E-state index contributed by atoms with van der Waals surface area (Å²) >= 11 is 0. The second-order valence-corrected chi connectivity index (χ2v) is 3.52. The molecule has 1 aromatic carbocycles. The van der Waals surface area contributed by atoms with Crippen molar-refractivity contribution in [1.29, 1.82) is 0 Å². The molecule has 1 rings (SSSR count). The highest BCUT2D eigenvalue weighted by Crippen LogP contribution is 2.11.